The molecule has 1 aromatic heterocycles. The van der Waals surface area contributed by atoms with E-state index in [9.17, 15) is 5.11 Å². The molecule has 2 aliphatic rings. The van der Waals surface area contributed by atoms with Crippen molar-refractivity contribution in [3.63, 3.8) is 0 Å². The Morgan fingerprint density at radius 3 is 2.71 bits per heavy atom. The van der Waals surface area contributed by atoms with Gasteiger partial charge in [0.1, 0.15) is 0 Å². The molecule has 1 aromatic carbocycles. The summed E-state index contributed by atoms with van der Waals surface area (Å²) in [7, 11) is 2.25. The maximum Gasteiger partial charge on any atom is 0.0964 e. The van der Waals surface area contributed by atoms with Crippen LogP contribution >= 0.6 is 11.3 Å². The maximum atomic E-state index is 10.7. The van der Waals surface area contributed by atoms with Crippen LogP contribution in [0.25, 0.3) is 10.2 Å². The number of aliphatic hydroxyl groups excluding tert-OH is 1. The lowest BCUT2D eigenvalue weighted by Crippen LogP contribution is -2.43. The van der Waals surface area contributed by atoms with Gasteiger partial charge in [-0.15, -0.1) is 11.3 Å². The van der Waals surface area contributed by atoms with Crippen LogP contribution in [-0.2, 0) is 6.42 Å². The van der Waals surface area contributed by atoms with Gasteiger partial charge in [0.25, 0.3) is 0 Å². The molecule has 2 aliphatic heterocycles. The second kappa shape index (κ2) is 5.34. The van der Waals surface area contributed by atoms with E-state index in [1.165, 1.54) is 17.5 Å². The molecule has 4 rings (SSSR count). The Morgan fingerprint density at radius 2 is 2.00 bits per heavy atom. The highest BCUT2D eigenvalue weighted by Gasteiger charge is 2.40. The van der Waals surface area contributed by atoms with Crippen molar-refractivity contribution in [1.82, 2.24) is 9.88 Å². The number of nitrogens with zero attached hydrogens (tertiary/aromatic N) is 2. The Hall–Kier alpha value is -0.970. The highest BCUT2D eigenvalue weighted by molar-refractivity contribution is 7.18. The minimum atomic E-state index is -0.234. The van der Waals surface area contributed by atoms with Gasteiger partial charge in [-0.25, -0.2) is 4.98 Å². The third-order valence-electron chi connectivity index (χ3n) is 5.40. The average Bonchev–Trinajstić information content (AvgIpc) is 2.94. The predicted octanol–water partition coefficient (Wildman–Crippen LogP) is 3.07. The number of rotatable bonds is 3. The van der Waals surface area contributed by atoms with Crippen molar-refractivity contribution in [3.8, 4) is 0 Å². The average molecular weight is 302 g/mol. The molecule has 3 atom stereocenters. The first-order valence-corrected chi connectivity index (χ1v) is 8.77. The fourth-order valence-corrected chi connectivity index (χ4v) is 5.14. The van der Waals surface area contributed by atoms with Gasteiger partial charge in [0.05, 0.1) is 21.3 Å². The molecule has 0 radical (unpaired) electrons. The van der Waals surface area contributed by atoms with Crippen molar-refractivity contribution in [2.45, 2.75) is 50.3 Å². The number of para-hydroxylation sites is 1. The summed E-state index contributed by atoms with van der Waals surface area (Å²) >= 11 is 1.73. The van der Waals surface area contributed by atoms with Crippen LogP contribution in [0.3, 0.4) is 0 Å². The Morgan fingerprint density at radius 1 is 1.29 bits per heavy atom. The Kier molecular flexibility index (Phi) is 3.48. The molecule has 0 amide bonds. The molecule has 1 N–H and O–H groups in total. The summed E-state index contributed by atoms with van der Waals surface area (Å²) in [5.41, 5.74) is 1.06. The summed E-state index contributed by atoms with van der Waals surface area (Å²) in [6.45, 7) is 0. The smallest absolute Gasteiger partial charge is 0.0964 e. The minimum absolute atomic E-state index is 0.234. The summed E-state index contributed by atoms with van der Waals surface area (Å²) in [5, 5.41) is 11.7. The number of hydrogen-bond donors (Lipinski definition) is 1. The summed E-state index contributed by atoms with van der Waals surface area (Å²) in [6.07, 6.45) is 5.41. The minimum Gasteiger partial charge on any atom is -0.392 e. The molecule has 2 saturated heterocycles. The molecule has 2 bridgehead atoms. The number of aromatic nitrogens is 1. The molecule has 3 unspecified atom stereocenters. The quantitative estimate of drug-likeness (QED) is 0.946. The van der Waals surface area contributed by atoms with Gasteiger partial charge in [0.2, 0.25) is 0 Å². The zero-order valence-electron chi connectivity index (χ0n) is 12.4. The van der Waals surface area contributed by atoms with Gasteiger partial charge in [-0.2, -0.15) is 0 Å². The number of fused-ring (bicyclic) bond motifs is 3. The van der Waals surface area contributed by atoms with Crippen LogP contribution in [-0.4, -0.2) is 40.2 Å². The van der Waals surface area contributed by atoms with Gasteiger partial charge in [0.15, 0.2) is 0 Å². The van der Waals surface area contributed by atoms with E-state index >= 15 is 0 Å². The highest BCUT2D eigenvalue weighted by Crippen LogP contribution is 2.39. The molecular weight excluding hydrogens is 280 g/mol. The van der Waals surface area contributed by atoms with Gasteiger partial charge in [-0.1, -0.05) is 12.1 Å². The largest absolute Gasteiger partial charge is 0.392 e. The van der Waals surface area contributed by atoms with Gasteiger partial charge in [-0.3, -0.25) is 0 Å². The SMILES string of the molecule is CN1C2CCC1CC(C(O)Cc1nc3ccccc3s1)C2. The van der Waals surface area contributed by atoms with Gasteiger partial charge in [0, 0.05) is 18.5 Å². The fourth-order valence-electron chi connectivity index (χ4n) is 4.12. The van der Waals surface area contributed by atoms with Crippen molar-refractivity contribution < 1.29 is 5.11 Å². The lowest BCUT2D eigenvalue weighted by molar-refractivity contribution is 0.0368. The molecule has 2 aromatic rings. The number of thiazole rings is 1. The summed E-state index contributed by atoms with van der Waals surface area (Å²) in [4.78, 5) is 7.19. The van der Waals surface area contributed by atoms with E-state index in [1.807, 2.05) is 6.07 Å². The fraction of sp³-hybridized carbons (Fsp3) is 0.588. The summed E-state index contributed by atoms with van der Waals surface area (Å²) in [5.74, 6) is 0.450. The topological polar surface area (TPSA) is 36.4 Å². The highest BCUT2D eigenvalue weighted by atomic mass is 32.1. The molecular formula is C17H22N2OS. The zero-order valence-corrected chi connectivity index (χ0v) is 13.2. The molecule has 0 aliphatic carbocycles. The van der Waals surface area contributed by atoms with Crippen LogP contribution in [0.5, 0.6) is 0 Å². The molecule has 3 heterocycles. The van der Waals surface area contributed by atoms with Crippen molar-refractivity contribution in [2.75, 3.05) is 7.05 Å². The number of hydrogen-bond acceptors (Lipinski definition) is 4. The van der Waals surface area contributed by atoms with Gasteiger partial charge < -0.3 is 10.0 Å². The van der Waals surface area contributed by atoms with Crippen molar-refractivity contribution in [2.24, 2.45) is 5.92 Å². The van der Waals surface area contributed by atoms with Crippen LogP contribution in [0.15, 0.2) is 24.3 Å². The molecule has 2 fully saturated rings. The van der Waals surface area contributed by atoms with E-state index in [2.05, 4.69) is 35.1 Å². The number of piperidine rings is 1. The zero-order chi connectivity index (χ0) is 14.4. The maximum absolute atomic E-state index is 10.7. The third kappa shape index (κ3) is 2.50. The molecule has 3 nitrogen and oxygen atoms in total. The van der Waals surface area contributed by atoms with E-state index in [1.54, 1.807) is 11.3 Å². The van der Waals surface area contributed by atoms with Crippen LogP contribution in [0.2, 0.25) is 0 Å². The Labute approximate surface area is 129 Å². The van der Waals surface area contributed by atoms with Crippen molar-refractivity contribution in [1.29, 1.82) is 0 Å². The van der Waals surface area contributed by atoms with Crippen LogP contribution in [0.1, 0.15) is 30.7 Å². The molecule has 0 spiro atoms. The predicted molar refractivity (Wildman–Crippen MR) is 86.6 cm³/mol. The first kappa shape index (κ1) is 13.7. The van der Waals surface area contributed by atoms with E-state index in [0.29, 0.717) is 24.4 Å². The molecule has 0 saturated carbocycles. The lowest BCUT2D eigenvalue weighted by atomic mass is 9.85. The second-order valence-electron chi connectivity index (χ2n) is 6.63. The van der Waals surface area contributed by atoms with Gasteiger partial charge >= 0.3 is 0 Å². The van der Waals surface area contributed by atoms with Crippen molar-refractivity contribution in [3.05, 3.63) is 29.3 Å². The van der Waals surface area contributed by atoms with Crippen LogP contribution in [0, 0.1) is 5.92 Å². The first-order chi connectivity index (χ1) is 10.2. The lowest BCUT2D eigenvalue weighted by Gasteiger charge is -2.38. The monoisotopic (exact) mass is 302 g/mol. The summed E-state index contributed by atoms with van der Waals surface area (Å²) in [6, 6.07) is 9.63. The molecule has 21 heavy (non-hydrogen) atoms. The van der Waals surface area contributed by atoms with Gasteiger partial charge in [-0.05, 0) is 50.8 Å². The molecule has 112 valence electrons. The van der Waals surface area contributed by atoms with Crippen molar-refractivity contribution >= 4 is 21.6 Å². The third-order valence-corrected chi connectivity index (χ3v) is 6.46. The molecule has 4 heteroatoms. The van der Waals surface area contributed by atoms with E-state index in [4.69, 9.17) is 0 Å². The van der Waals surface area contributed by atoms with Crippen LogP contribution < -0.4 is 0 Å². The summed E-state index contributed by atoms with van der Waals surface area (Å²) < 4.78 is 1.23. The number of aliphatic hydroxyl groups is 1. The second-order valence-corrected chi connectivity index (χ2v) is 7.74. The van der Waals surface area contributed by atoms with E-state index < -0.39 is 0 Å². The Balaban J connectivity index is 1.47. The van der Waals surface area contributed by atoms with Crippen LogP contribution in [0.4, 0.5) is 0 Å². The van der Waals surface area contributed by atoms with E-state index in [0.717, 1.165) is 23.4 Å². The Bertz CT molecular complexity index is 594. The van der Waals surface area contributed by atoms with E-state index in [-0.39, 0.29) is 6.10 Å². The first-order valence-electron chi connectivity index (χ1n) is 7.95. The number of benzene rings is 1. The standard InChI is InChI=1S/C17H22N2OS/c1-19-12-6-7-13(19)9-11(8-12)15(20)10-17-18-14-4-2-3-5-16(14)21-17/h2-5,11-13,15,20H,6-10H2,1H3. The normalized spacial score (nSPS) is 30.9.